The highest BCUT2D eigenvalue weighted by atomic mass is 19.4. The van der Waals surface area contributed by atoms with Crippen molar-refractivity contribution in [3.8, 4) is 16.9 Å². The molecule has 0 amide bonds. The zero-order valence-corrected chi connectivity index (χ0v) is 20.3. The molecular weight excluding hydrogens is 456 g/mol. The highest BCUT2D eigenvalue weighted by Crippen LogP contribution is 2.44. The third kappa shape index (κ3) is 4.99. The highest BCUT2D eigenvalue weighted by Gasteiger charge is 2.32. The Hall–Kier alpha value is -3.48. The van der Waals surface area contributed by atoms with Crippen molar-refractivity contribution in [1.29, 1.82) is 0 Å². The molecule has 3 aromatic rings. The lowest BCUT2D eigenvalue weighted by molar-refractivity contribution is -0.137. The van der Waals surface area contributed by atoms with E-state index in [1.807, 2.05) is 26.0 Å². The first kappa shape index (κ1) is 24.6. The Bertz CT molecular complexity index is 1310. The van der Waals surface area contributed by atoms with Crippen LogP contribution in [0, 0.1) is 12.7 Å². The van der Waals surface area contributed by atoms with E-state index in [1.54, 1.807) is 6.07 Å². The van der Waals surface area contributed by atoms with Gasteiger partial charge in [0.2, 0.25) is 0 Å². The second-order valence-electron chi connectivity index (χ2n) is 9.41. The average molecular weight is 485 g/mol. The SMILES string of the molecule is COc1ccc(C(F)(F)F)cc1-c1ccc2c(c1CNc1cc(F)ccc1C)C(C)=CC(C)(C)N2. The molecule has 0 atom stereocenters. The van der Waals surface area contributed by atoms with Crippen molar-refractivity contribution in [2.24, 2.45) is 0 Å². The van der Waals surface area contributed by atoms with E-state index in [9.17, 15) is 17.6 Å². The third-order valence-corrected chi connectivity index (χ3v) is 6.21. The number of anilines is 2. The van der Waals surface area contributed by atoms with Gasteiger partial charge in [0.1, 0.15) is 11.6 Å². The summed E-state index contributed by atoms with van der Waals surface area (Å²) in [6.07, 6.45) is -2.40. The maximum absolute atomic E-state index is 13.9. The third-order valence-electron chi connectivity index (χ3n) is 6.21. The fourth-order valence-electron chi connectivity index (χ4n) is 4.70. The zero-order chi connectivity index (χ0) is 25.5. The van der Waals surface area contributed by atoms with E-state index in [0.717, 1.165) is 40.1 Å². The lowest BCUT2D eigenvalue weighted by Crippen LogP contribution is -2.32. The second-order valence-corrected chi connectivity index (χ2v) is 9.41. The summed E-state index contributed by atoms with van der Waals surface area (Å²) in [5, 5.41) is 6.79. The number of benzene rings is 3. The molecule has 184 valence electrons. The summed E-state index contributed by atoms with van der Waals surface area (Å²) in [7, 11) is 1.44. The van der Waals surface area contributed by atoms with Gasteiger partial charge in [0, 0.05) is 29.0 Å². The number of allylic oxidation sites excluding steroid dienone is 1. The zero-order valence-electron chi connectivity index (χ0n) is 20.3. The topological polar surface area (TPSA) is 33.3 Å². The molecule has 3 aromatic carbocycles. The van der Waals surface area contributed by atoms with Crippen molar-refractivity contribution >= 4 is 16.9 Å². The van der Waals surface area contributed by atoms with Crippen molar-refractivity contribution in [1.82, 2.24) is 0 Å². The maximum atomic E-state index is 13.9. The number of alkyl halides is 3. The van der Waals surface area contributed by atoms with Crippen molar-refractivity contribution in [2.75, 3.05) is 17.7 Å². The van der Waals surface area contributed by atoms with E-state index in [4.69, 9.17) is 4.74 Å². The number of nitrogens with one attached hydrogen (secondary N) is 2. The Balaban J connectivity index is 1.92. The quantitative estimate of drug-likeness (QED) is 0.360. The maximum Gasteiger partial charge on any atom is 0.416 e. The van der Waals surface area contributed by atoms with Gasteiger partial charge in [0.05, 0.1) is 18.2 Å². The van der Waals surface area contributed by atoms with Crippen LogP contribution in [0.15, 0.2) is 54.6 Å². The van der Waals surface area contributed by atoms with Gasteiger partial charge in [-0.15, -0.1) is 0 Å². The molecule has 1 aliphatic heterocycles. The molecule has 35 heavy (non-hydrogen) atoms. The van der Waals surface area contributed by atoms with Gasteiger partial charge in [-0.05, 0) is 86.4 Å². The lowest BCUT2D eigenvalue weighted by atomic mass is 9.84. The summed E-state index contributed by atoms with van der Waals surface area (Å²) in [6.45, 7) is 8.24. The molecule has 3 nitrogen and oxygen atoms in total. The Morgan fingerprint density at radius 1 is 0.971 bits per heavy atom. The summed E-state index contributed by atoms with van der Waals surface area (Å²) in [5.41, 5.74) is 4.99. The minimum absolute atomic E-state index is 0.273. The van der Waals surface area contributed by atoms with Gasteiger partial charge < -0.3 is 15.4 Å². The van der Waals surface area contributed by atoms with Crippen LogP contribution < -0.4 is 15.4 Å². The largest absolute Gasteiger partial charge is 0.496 e. The molecule has 0 aromatic heterocycles. The molecule has 0 saturated heterocycles. The second kappa shape index (κ2) is 8.95. The van der Waals surface area contributed by atoms with Gasteiger partial charge >= 0.3 is 6.18 Å². The van der Waals surface area contributed by atoms with Gasteiger partial charge in [-0.2, -0.15) is 13.2 Å². The summed E-state index contributed by atoms with van der Waals surface area (Å²) >= 11 is 0. The van der Waals surface area contributed by atoms with E-state index < -0.39 is 11.7 Å². The number of fused-ring (bicyclic) bond motifs is 1. The summed E-state index contributed by atoms with van der Waals surface area (Å²) < 4.78 is 60.1. The minimum Gasteiger partial charge on any atom is -0.496 e. The number of aryl methyl sites for hydroxylation is 1. The molecule has 0 bridgehead atoms. The molecule has 0 unspecified atom stereocenters. The molecule has 0 spiro atoms. The standard InChI is InChI=1S/C28H28F4N2O/c1-16-6-8-19(29)13-24(16)33-15-22-20(9-10-23-26(22)17(2)14-27(3,4)34-23)21-12-18(28(30,31)32)7-11-25(21)35-5/h6-14,33-34H,15H2,1-5H3. The summed E-state index contributed by atoms with van der Waals surface area (Å²) in [4.78, 5) is 0. The molecule has 2 N–H and O–H groups in total. The van der Waals surface area contributed by atoms with Gasteiger partial charge in [-0.25, -0.2) is 4.39 Å². The van der Waals surface area contributed by atoms with Crippen LogP contribution in [-0.2, 0) is 12.7 Å². The normalized spacial score (nSPS) is 14.6. The van der Waals surface area contributed by atoms with Crippen molar-refractivity contribution in [2.45, 2.75) is 46.0 Å². The van der Waals surface area contributed by atoms with Crippen LogP contribution >= 0.6 is 0 Å². The van der Waals surface area contributed by atoms with Crippen molar-refractivity contribution in [3.63, 3.8) is 0 Å². The fourth-order valence-corrected chi connectivity index (χ4v) is 4.70. The van der Waals surface area contributed by atoms with E-state index >= 15 is 0 Å². The number of methoxy groups -OCH3 is 1. The summed E-state index contributed by atoms with van der Waals surface area (Å²) in [6, 6.07) is 11.7. The number of rotatable bonds is 5. The fraction of sp³-hybridized carbons (Fsp3) is 0.286. The van der Waals surface area contributed by atoms with Crippen molar-refractivity contribution < 1.29 is 22.3 Å². The molecule has 1 aliphatic rings. The van der Waals surface area contributed by atoms with Gasteiger partial charge in [0.15, 0.2) is 0 Å². The molecule has 0 fully saturated rings. The number of hydrogen-bond acceptors (Lipinski definition) is 3. The smallest absolute Gasteiger partial charge is 0.416 e. The average Bonchev–Trinajstić information content (AvgIpc) is 2.77. The van der Waals surface area contributed by atoms with Gasteiger partial charge in [-0.1, -0.05) is 18.2 Å². The van der Waals surface area contributed by atoms with E-state index in [-0.39, 0.29) is 17.9 Å². The Kier molecular flexibility index (Phi) is 6.30. The number of ether oxygens (including phenoxy) is 1. The molecule has 4 rings (SSSR count). The molecular formula is C28H28F4N2O. The van der Waals surface area contributed by atoms with E-state index in [2.05, 4.69) is 30.6 Å². The monoisotopic (exact) mass is 484 g/mol. The van der Waals surface area contributed by atoms with Crippen LogP contribution in [0.4, 0.5) is 28.9 Å². The molecule has 0 aliphatic carbocycles. The Morgan fingerprint density at radius 2 is 1.71 bits per heavy atom. The Labute approximate surface area is 202 Å². The Morgan fingerprint density at radius 3 is 2.40 bits per heavy atom. The van der Waals surface area contributed by atoms with E-state index in [0.29, 0.717) is 22.6 Å². The highest BCUT2D eigenvalue weighted by molar-refractivity contribution is 5.88. The van der Waals surface area contributed by atoms with E-state index in [1.165, 1.54) is 25.3 Å². The lowest BCUT2D eigenvalue weighted by Gasteiger charge is -2.33. The van der Waals surface area contributed by atoms with Crippen LogP contribution in [0.5, 0.6) is 5.75 Å². The predicted molar refractivity (Wildman–Crippen MR) is 133 cm³/mol. The van der Waals surface area contributed by atoms with Crippen LogP contribution in [0.1, 0.15) is 43.0 Å². The van der Waals surface area contributed by atoms with Crippen LogP contribution in [-0.4, -0.2) is 12.6 Å². The van der Waals surface area contributed by atoms with Gasteiger partial charge in [-0.3, -0.25) is 0 Å². The van der Waals surface area contributed by atoms with Crippen LogP contribution in [0.3, 0.4) is 0 Å². The van der Waals surface area contributed by atoms with Crippen LogP contribution in [0.2, 0.25) is 0 Å². The first-order valence-electron chi connectivity index (χ1n) is 11.3. The molecule has 1 heterocycles. The molecule has 0 saturated carbocycles. The minimum atomic E-state index is -4.49. The number of halogens is 4. The van der Waals surface area contributed by atoms with Gasteiger partial charge in [0.25, 0.3) is 0 Å². The van der Waals surface area contributed by atoms with Crippen LogP contribution in [0.25, 0.3) is 16.7 Å². The predicted octanol–water partition coefficient (Wildman–Crippen LogP) is 8.05. The first-order valence-corrected chi connectivity index (χ1v) is 11.3. The van der Waals surface area contributed by atoms with Crippen molar-refractivity contribution in [3.05, 3.63) is 82.7 Å². The molecule has 7 heteroatoms. The first-order chi connectivity index (χ1) is 16.4. The summed E-state index contributed by atoms with van der Waals surface area (Å²) in [5.74, 6) is -0.0284. The molecule has 0 radical (unpaired) electrons. The number of hydrogen-bond donors (Lipinski definition) is 2.